The number of aromatic nitrogens is 2. The zero-order chi connectivity index (χ0) is 19.4. The van der Waals surface area contributed by atoms with Crippen molar-refractivity contribution in [3.05, 3.63) is 76.3 Å². The monoisotopic (exact) mass is 386 g/mol. The Labute approximate surface area is 160 Å². The SMILES string of the molecule is CN(CC(=O)NC(c1cccc(F)c1)c1nccn1C)C(=O)c1cccs1. The summed E-state index contributed by atoms with van der Waals surface area (Å²) in [5, 5.41) is 4.66. The van der Waals surface area contributed by atoms with Gasteiger partial charge < -0.3 is 14.8 Å². The van der Waals surface area contributed by atoms with Crippen LogP contribution in [0, 0.1) is 5.82 Å². The van der Waals surface area contributed by atoms with Crippen LogP contribution in [-0.4, -0.2) is 39.9 Å². The van der Waals surface area contributed by atoms with Crippen LogP contribution in [0.4, 0.5) is 4.39 Å². The molecule has 2 amide bonds. The highest BCUT2D eigenvalue weighted by Crippen LogP contribution is 2.21. The lowest BCUT2D eigenvalue weighted by Crippen LogP contribution is -2.40. The second-order valence-electron chi connectivity index (χ2n) is 6.09. The number of rotatable bonds is 6. The summed E-state index contributed by atoms with van der Waals surface area (Å²) in [6.45, 7) is -0.118. The minimum absolute atomic E-state index is 0.118. The van der Waals surface area contributed by atoms with Gasteiger partial charge in [0.1, 0.15) is 17.7 Å². The van der Waals surface area contributed by atoms with Crippen LogP contribution in [0.3, 0.4) is 0 Å². The fourth-order valence-electron chi connectivity index (χ4n) is 2.72. The lowest BCUT2D eigenvalue weighted by molar-refractivity contribution is -0.122. The lowest BCUT2D eigenvalue weighted by Gasteiger charge is -2.22. The molecule has 0 radical (unpaired) electrons. The predicted octanol–water partition coefficient (Wildman–Crippen LogP) is 2.60. The molecule has 2 heterocycles. The highest BCUT2D eigenvalue weighted by molar-refractivity contribution is 7.12. The number of nitrogens with one attached hydrogen (secondary N) is 1. The van der Waals surface area contributed by atoms with Gasteiger partial charge in [-0.15, -0.1) is 11.3 Å². The Morgan fingerprint density at radius 1 is 1.33 bits per heavy atom. The number of hydrogen-bond acceptors (Lipinski definition) is 4. The second-order valence-corrected chi connectivity index (χ2v) is 7.04. The minimum atomic E-state index is -0.626. The van der Waals surface area contributed by atoms with Crippen LogP contribution in [0.1, 0.15) is 27.1 Å². The molecule has 6 nitrogen and oxygen atoms in total. The molecule has 0 fully saturated rings. The number of aryl methyl sites for hydroxylation is 1. The molecule has 1 unspecified atom stereocenters. The molecule has 8 heteroatoms. The Balaban J connectivity index is 1.77. The van der Waals surface area contributed by atoms with E-state index in [0.717, 1.165) is 0 Å². The van der Waals surface area contributed by atoms with Crippen molar-refractivity contribution in [3.8, 4) is 0 Å². The van der Waals surface area contributed by atoms with Gasteiger partial charge in [0.2, 0.25) is 5.91 Å². The smallest absolute Gasteiger partial charge is 0.264 e. The molecule has 0 spiro atoms. The van der Waals surface area contributed by atoms with Gasteiger partial charge in [-0.05, 0) is 29.1 Å². The number of thiophene rings is 1. The largest absolute Gasteiger partial charge is 0.341 e. The molecule has 1 atom stereocenters. The molecule has 1 aromatic carbocycles. The molecular weight excluding hydrogens is 367 g/mol. The standard InChI is InChI=1S/C19H19FN4O2S/c1-23-9-8-21-18(23)17(13-5-3-6-14(20)11-13)22-16(25)12-24(2)19(26)15-7-4-10-27-15/h3-11,17H,12H2,1-2H3,(H,22,25). The highest BCUT2D eigenvalue weighted by atomic mass is 32.1. The fraction of sp³-hybridized carbons (Fsp3) is 0.211. The number of amides is 2. The molecule has 0 aliphatic carbocycles. The second kappa shape index (κ2) is 8.13. The maximum Gasteiger partial charge on any atom is 0.264 e. The van der Waals surface area contributed by atoms with E-state index in [1.54, 1.807) is 55.3 Å². The number of carbonyl (C=O) groups is 2. The topological polar surface area (TPSA) is 67.2 Å². The number of nitrogens with zero attached hydrogens (tertiary/aromatic N) is 3. The Hall–Kier alpha value is -3.00. The first-order valence-electron chi connectivity index (χ1n) is 8.26. The summed E-state index contributed by atoms with van der Waals surface area (Å²) in [7, 11) is 3.37. The summed E-state index contributed by atoms with van der Waals surface area (Å²) in [5.41, 5.74) is 0.574. The van der Waals surface area contributed by atoms with Crippen molar-refractivity contribution in [3.63, 3.8) is 0 Å². The van der Waals surface area contributed by atoms with E-state index in [-0.39, 0.29) is 18.4 Å². The average Bonchev–Trinajstić information content (AvgIpc) is 3.31. The van der Waals surface area contributed by atoms with Gasteiger partial charge in [-0.25, -0.2) is 9.37 Å². The maximum atomic E-state index is 13.7. The number of benzene rings is 1. The zero-order valence-electron chi connectivity index (χ0n) is 14.9. The number of likely N-dealkylation sites (N-methyl/N-ethyl adjacent to an activating group) is 1. The first kappa shape index (κ1) is 18.8. The molecule has 27 heavy (non-hydrogen) atoms. The third kappa shape index (κ3) is 4.40. The molecule has 0 saturated heterocycles. The van der Waals surface area contributed by atoms with E-state index >= 15 is 0 Å². The Bertz CT molecular complexity index is 939. The molecule has 140 valence electrons. The summed E-state index contributed by atoms with van der Waals surface area (Å²) in [6, 6.07) is 8.88. The molecule has 3 rings (SSSR count). The first-order chi connectivity index (χ1) is 13.0. The van der Waals surface area contributed by atoms with Gasteiger partial charge in [0.25, 0.3) is 5.91 Å². The number of imidazole rings is 1. The van der Waals surface area contributed by atoms with E-state index in [0.29, 0.717) is 16.3 Å². The number of carbonyl (C=O) groups excluding carboxylic acids is 2. The summed E-state index contributed by atoms with van der Waals surface area (Å²) >= 11 is 1.32. The summed E-state index contributed by atoms with van der Waals surface area (Å²) in [5.74, 6) is -0.411. The quantitative estimate of drug-likeness (QED) is 0.708. The van der Waals surface area contributed by atoms with Crippen molar-refractivity contribution < 1.29 is 14.0 Å². The van der Waals surface area contributed by atoms with Gasteiger partial charge in [0.05, 0.1) is 11.4 Å². The minimum Gasteiger partial charge on any atom is -0.341 e. The summed E-state index contributed by atoms with van der Waals surface area (Å²) in [4.78, 5) is 31.1. The van der Waals surface area contributed by atoms with Gasteiger partial charge in [-0.2, -0.15) is 0 Å². The molecule has 1 N–H and O–H groups in total. The maximum absolute atomic E-state index is 13.7. The van der Waals surface area contributed by atoms with Crippen molar-refractivity contribution in [2.24, 2.45) is 7.05 Å². The van der Waals surface area contributed by atoms with Gasteiger partial charge >= 0.3 is 0 Å². The van der Waals surface area contributed by atoms with Crippen LogP contribution in [0.15, 0.2) is 54.2 Å². The predicted molar refractivity (Wildman–Crippen MR) is 101 cm³/mol. The Morgan fingerprint density at radius 2 is 2.15 bits per heavy atom. The van der Waals surface area contributed by atoms with Gasteiger partial charge in [0, 0.05) is 26.5 Å². The molecule has 0 aliphatic rings. The van der Waals surface area contributed by atoms with Crippen LogP contribution in [0.25, 0.3) is 0 Å². The molecule has 3 aromatic rings. The van der Waals surface area contributed by atoms with E-state index < -0.39 is 11.9 Å². The van der Waals surface area contributed by atoms with E-state index in [1.807, 2.05) is 5.38 Å². The number of halogens is 1. The van der Waals surface area contributed by atoms with Crippen molar-refractivity contribution in [1.82, 2.24) is 19.8 Å². The average molecular weight is 386 g/mol. The Kier molecular flexibility index (Phi) is 5.66. The normalized spacial score (nSPS) is 11.8. The van der Waals surface area contributed by atoms with E-state index in [2.05, 4.69) is 10.3 Å². The van der Waals surface area contributed by atoms with Crippen LogP contribution < -0.4 is 5.32 Å². The van der Waals surface area contributed by atoms with E-state index in [1.165, 1.54) is 28.4 Å². The summed E-state index contributed by atoms with van der Waals surface area (Å²) < 4.78 is 15.4. The molecule has 2 aromatic heterocycles. The van der Waals surface area contributed by atoms with Crippen molar-refractivity contribution >= 4 is 23.2 Å². The molecule has 0 saturated carbocycles. The van der Waals surface area contributed by atoms with Crippen molar-refractivity contribution in [1.29, 1.82) is 0 Å². The molecule has 0 aliphatic heterocycles. The van der Waals surface area contributed by atoms with Crippen molar-refractivity contribution in [2.45, 2.75) is 6.04 Å². The molecule has 0 bridgehead atoms. The van der Waals surface area contributed by atoms with E-state index in [9.17, 15) is 14.0 Å². The van der Waals surface area contributed by atoms with Gasteiger partial charge in [0.15, 0.2) is 0 Å². The highest BCUT2D eigenvalue weighted by Gasteiger charge is 2.23. The van der Waals surface area contributed by atoms with Gasteiger partial charge in [-0.1, -0.05) is 18.2 Å². The van der Waals surface area contributed by atoms with Crippen LogP contribution >= 0.6 is 11.3 Å². The van der Waals surface area contributed by atoms with Crippen molar-refractivity contribution in [2.75, 3.05) is 13.6 Å². The first-order valence-corrected chi connectivity index (χ1v) is 9.14. The Morgan fingerprint density at radius 3 is 2.78 bits per heavy atom. The third-order valence-electron chi connectivity index (χ3n) is 4.06. The van der Waals surface area contributed by atoms with Gasteiger partial charge in [-0.3, -0.25) is 9.59 Å². The fourth-order valence-corrected chi connectivity index (χ4v) is 3.44. The number of hydrogen-bond donors (Lipinski definition) is 1. The van der Waals surface area contributed by atoms with E-state index in [4.69, 9.17) is 0 Å². The third-order valence-corrected chi connectivity index (χ3v) is 4.92. The van der Waals surface area contributed by atoms with Crippen LogP contribution in [0.2, 0.25) is 0 Å². The summed E-state index contributed by atoms with van der Waals surface area (Å²) in [6.07, 6.45) is 3.36. The van der Waals surface area contributed by atoms with Crippen LogP contribution in [0.5, 0.6) is 0 Å². The molecular formula is C19H19FN4O2S. The zero-order valence-corrected chi connectivity index (χ0v) is 15.7. The van der Waals surface area contributed by atoms with Crippen LogP contribution in [-0.2, 0) is 11.8 Å². The lowest BCUT2D eigenvalue weighted by atomic mass is 10.1.